The number of methoxy groups -OCH3 is 2. The maximum absolute atomic E-state index is 15.4. The molecule has 4 N–H and O–H groups in total. The minimum atomic E-state index is -2.63. The number of rotatable bonds is 8. The van der Waals surface area contributed by atoms with Crippen LogP contribution in [-0.4, -0.2) is 51.4 Å². The van der Waals surface area contributed by atoms with Gasteiger partial charge in [-0.2, -0.15) is 0 Å². The van der Waals surface area contributed by atoms with Crippen molar-refractivity contribution >= 4 is 51.0 Å². The molecule has 1 aliphatic heterocycles. The Balaban J connectivity index is 1.56. The van der Waals surface area contributed by atoms with E-state index in [4.69, 9.17) is 10.5 Å². The van der Waals surface area contributed by atoms with Crippen molar-refractivity contribution in [3.63, 3.8) is 0 Å². The highest BCUT2D eigenvalue weighted by Crippen LogP contribution is 2.39. The molecule has 0 aliphatic carbocycles. The van der Waals surface area contributed by atoms with Crippen molar-refractivity contribution < 1.29 is 32.2 Å². The Labute approximate surface area is 249 Å². The number of carbonyl (C=O) groups excluding carboxylic acids is 2. The average Bonchev–Trinajstić information content (AvgIpc) is 3.50. The smallest absolute Gasteiger partial charge is 0.411 e. The van der Waals surface area contributed by atoms with Gasteiger partial charge in [-0.1, -0.05) is 0 Å². The van der Waals surface area contributed by atoms with Crippen molar-refractivity contribution in [3.8, 4) is 5.75 Å². The Morgan fingerprint density at radius 1 is 1.12 bits per heavy atom. The van der Waals surface area contributed by atoms with Gasteiger partial charge in [0.25, 0.3) is 0 Å². The van der Waals surface area contributed by atoms with Crippen molar-refractivity contribution in [3.05, 3.63) is 83.8 Å². The number of ether oxygens (including phenoxy) is 2. The van der Waals surface area contributed by atoms with Crippen LogP contribution in [0, 0.1) is 5.82 Å². The Morgan fingerprint density at radius 2 is 1.91 bits per heavy atom. The summed E-state index contributed by atoms with van der Waals surface area (Å²) in [4.78, 5) is 31.8. The summed E-state index contributed by atoms with van der Waals surface area (Å²) in [6.45, 7) is 0.298. The molecular formula is C30H29FN5O6S-. The zero-order valence-corrected chi connectivity index (χ0v) is 24.2. The van der Waals surface area contributed by atoms with Gasteiger partial charge in [-0.3, -0.25) is 14.3 Å². The fraction of sp³-hybridized carbons (Fsp3) is 0.233. The van der Waals surface area contributed by atoms with E-state index in [0.29, 0.717) is 47.9 Å². The molecule has 2 amide bonds. The van der Waals surface area contributed by atoms with Crippen LogP contribution in [0.25, 0.3) is 10.8 Å². The summed E-state index contributed by atoms with van der Waals surface area (Å²) >= 11 is -2.63. The first kappa shape index (κ1) is 29.7. The average molecular weight is 607 g/mol. The number of amides is 2. The third-order valence-corrected chi connectivity index (χ3v) is 8.11. The number of pyridine rings is 1. The van der Waals surface area contributed by atoms with E-state index in [9.17, 15) is 18.4 Å². The van der Waals surface area contributed by atoms with Crippen LogP contribution in [0.1, 0.15) is 36.1 Å². The van der Waals surface area contributed by atoms with Crippen molar-refractivity contribution in [1.82, 2.24) is 9.88 Å². The summed E-state index contributed by atoms with van der Waals surface area (Å²) in [7, 11) is 2.65. The summed E-state index contributed by atoms with van der Waals surface area (Å²) in [6, 6.07) is 13.6. The molecule has 1 fully saturated rings. The van der Waals surface area contributed by atoms with Crippen LogP contribution in [0.5, 0.6) is 5.75 Å². The molecule has 43 heavy (non-hydrogen) atoms. The molecule has 1 aliphatic rings. The number of nitrogens with one attached hydrogen (secondary N) is 2. The fourth-order valence-electron chi connectivity index (χ4n) is 5.33. The molecule has 1 unspecified atom stereocenters. The highest BCUT2D eigenvalue weighted by molar-refractivity contribution is 7.79. The van der Waals surface area contributed by atoms with E-state index in [1.165, 1.54) is 55.5 Å². The molecule has 3 atom stereocenters. The second-order valence-electron chi connectivity index (χ2n) is 9.89. The highest BCUT2D eigenvalue weighted by Gasteiger charge is 2.37. The number of carbonyl (C=O) groups is 2. The lowest BCUT2D eigenvalue weighted by Gasteiger charge is -2.32. The number of benzene rings is 3. The van der Waals surface area contributed by atoms with E-state index in [1.54, 1.807) is 30.5 Å². The number of nitrogen functional groups attached to an aromatic ring is 1. The zero-order valence-electron chi connectivity index (χ0n) is 23.3. The predicted molar refractivity (Wildman–Crippen MR) is 159 cm³/mol. The monoisotopic (exact) mass is 606 g/mol. The summed E-state index contributed by atoms with van der Waals surface area (Å²) < 4.78 is 49.7. The second kappa shape index (κ2) is 12.6. The first-order chi connectivity index (χ1) is 20.7. The van der Waals surface area contributed by atoms with Gasteiger partial charge in [0.15, 0.2) is 0 Å². The fourth-order valence-corrected chi connectivity index (χ4v) is 5.89. The van der Waals surface area contributed by atoms with E-state index in [0.717, 1.165) is 10.8 Å². The van der Waals surface area contributed by atoms with Gasteiger partial charge in [-0.15, -0.1) is 0 Å². The van der Waals surface area contributed by atoms with E-state index in [1.807, 2.05) is 0 Å². The van der Waals surface area contributed by atoms with Gasteiger partial charge in [0.2, 0.25) is 5.91 Å². The maximum atomic E-state index is 15.4. The number of nitrogens with zero attached hydrogens (tertiary/aromatic N) is 2. The van der Waals surface area contributed by atoms with Crippen LogP contribution < -0.4 is 21.1 Å². The van der Waals surface area contributed by atoms with Crippen molar-refractivity contribution in [2.24, 2.45) is 0 Å². The standard InChI is InChI=1S/C30H30FN5O6S/c1-41-20-7-9-24(31)22(16-20)27(34-18-5-8-21-17(14-18)11-12-33-28(21)32)29(37)36-13-3-4-25(36)23-15-19(35-30(38)42-2)6-10-26(23)43(39)40/h5-12,14-16,25,27,34H,3-4,13H2,1-2H3,(H2,32,33)(H,35,38)(H,39,40)/p-1/t25-,27+/m1/s1. The van der Waals surface area contributed by atoms with E-state index in [2.05, 4.69) is 20.4 Å². The van der Waals surface area contributed by atoms with E-state index < -0.39 is 41.0 Å². The molecule has 11 nitrogen and oxygen atoms in total. The molecule has 1 aromatic heterocycles. The van der Waals surface area contributed by atoms with Gasteiger partial charge in [-0.05, 0) is 95.5 Å². The van der Waals surface area contributed by atoms with Crippen LogP contribution in [0.3, 0.4) is 0 Å². The van der Waals surface area contributed by atoms with Crippen molar-refractivity contribution in [2.45, 2.75) is 29.8 Å². The van der Waals surface area contributed by atoms with Gasteiger partial charge in [0.1, 0.15) is 23.4 Å². The topological polar surface area (TPSA) is 159 Å². The third-order valence-electron chi connectivity index (χ3n) is 7.38. The summed E-state index contributed by atoms with van der Waals surface area (Å²) in [5.74, 6) is -0.386. The van der Waals surface area contributed by atoms with Gasteiger partial charge in [0.05, 0.1) is 20.3 Å². The predicted octanol–water partition coefficient (Wildman–Crippen LogP) is 4.90. The molecule has 0 bridgehead atoms. The summed E-state index contributed by atoms with van der Waals surface area (Å²) in [5, 5.41) is 7.21. The quantitative estimate of drug-likeness (QED) is 0.237. The number of nitrogens with two attached hydrogens (primary N) is 1. The van der Waals surface area contributed by atoms with Crippen LogP contribution in [0.2, 0.25) is 0 Å². The lowest BCUT2D eigenvalue weighted by atomic mass is 10.00. The number of aromatic nitrogens is 1. The van der Waals surface area contributed by atoms with Gasteiger partial charge >= 0.3 is 6.09 Å². The summed E-state index contributed by atoms with van der Waals surface area (Å²) in [5.41, 5.74) is 7.21. The molecular weight excluding hydrogens is 577 g/mol. The van der Waals surface area contributed by atoms with Crippen LogP contribution >= 0.6 is 0 Å². The second-order valence-corrected chi connectivity index (χ2v) is 10.8. The Kier molecular flexibility index (Phi) is 8.73. The highest BCUT2D eigenvalue weighted by atomic mass is 32.2. The molecule has 0 spiro atoms. The van der Waals surface area contributed by atoms with Crippen LogP contribution in [-0.2, 0) is 20.6 Å². The largest absolute Gasteiger partial charge is 0.768 e. The minimum absolute atomic E-state index is 0.0158. The molecule has 5 rings (SSSR count). The SMILES string of the molecule is COC(=O)Nc1ccc(S(=O)[O-])c([C@H]2CCCN2C(=O)[C@@H](Nc2ccc3c(N)nccc3c2)c2cc(OC)ccc2F)c1. The number of hydrogen-bond acceptors (Lipinski definition) is 9. The number of halogens is 1. The third kappa shape index (κ3) is 6.22. The molecule has 3 aromatic carbocycles. The van der Waals surface area contributed by atoms with E-state index >= 15 is 4.39 Å². The first-order valence-electron chi connectivity index (χ1n) is 13.3. The van der Waals surface area contributed by atoms with Gasteiger partial charge in [0, 0.05) is 40.0 Å². The molecule has 2 heterocycles. The molecule has 4 aromatic rings. The summed E-state index contributed by atoms with van der Waals surface area (Å²) in [6.07, 6.45) is 1.87. The Morgan fingerprint density at radius 3 is 2.65 bits per heavy atom. The Bertz CT molecular complexity index is 1720. The first-order valence-corrected chi connectivity index (χ1v) is 14.4. The number of likely N-dealkylation sites (tertiary alicyclic amines) is 1. The number of fused-ring (bicyclic) bond motifs is 1. The van der Waals surface area contributed by atoms with Gasteiger partial charge in [-0.25, -0.2) is 14.2 Å². The molecule has 224 valence electrons. The van der Waals surface area contributed by atoms with Crippen molar-refractivity contribution in [2.75, 3.05) is 37.1 Å². The lowest BCUT2D eigenvalue weighted by Crippen LogP contribution is -2.38. The number of hydrogen-bond donors (Lipinski definition) is 3. The lowest BCUT2D eigenvalue weighted by molar-refractivity contribution is -0.133. The van der Waals surface area contributed by atoms with E-state index in [-0.39, 0.29) is 10.5 Å². The molecule has 0 radical (unpaired) electrons. The van der Waals surface area contributed by atoms with Gasteiger partial charge < -0.3 is 30.0 Å². The van der Waals surface area contributed by atoms with Crippen molar-refractivity contribution in [1.29, 1.82) is 0 Å². The van der Waals surface area contributed by atoms with Crippen LogP contribution in [0.15, 0.2) is 71.8 Å². The maximum Gasteiger partial charge on any atom is 0.411 e. The molecule has 13 heteroatoms. The van der Waals surface area contributed by atoms with Crippen LogP contribution in [0.4, 0.5) is 26.4 Å². The normalized spacial score (nSPS) is 16.0. The minimum Gasteiger partial charge on any atom is -0.768 e. The number of anilines is 3. The molecule has 1 saturated heterocycles. The zero-order chi connectivity index (χ0) is 30.7. The Hall–Kier alpha value is -4.75. The molecule has 0 saturated carbocycles.